The molecule has 4 nitrogen and oxygen atoms in total. The van der Waals surface area contributed by atoms with Gasteiger partial charge in [-0.25, -0.2) is 0 Å². The number of hydrogen-bond acceptors (Lipinski definition) is 2. The van der Waals surface area contributed by atoms with E-state index in [9.17, 15) is 3.74 Å². The molecule has 1 aromatic rings. The molecule has 0 fully saturated rings. The van der Waals surface area contributed by atoms with Crippen LogP contribution in [0, 0.1) is 0 Å². The predicted molar refractivity (Wildman–Crippen MR) is 57.4 cm³/mol. The Bertz CT molecular complexity index is 341. The van der Waals surface area contributed by atoms with Crippen molar-refractivity contribution in [3.05, 3.63) is 24.3 Å². The fourth-order valence-corrected chi connectivity index (χ4v) is 2.20. The molecule has 0 atom stereocenters. The summed E-state index contributed by atoms with van der Waals surface area (Å²) in [6.45, 7) is 2.71. The van der Waals surface area contributed by atoms with Gasteiger partial charge in [-0.1, -0.05) is 0 Å². The average molecular weight is 274 g/mol. The normalized spacial score (nSPS) is 11.4. The SMILES string of the molecule is CCCCOc1ccc([As](=O)(O)O)cc1. The molecule has 0 aliphatic rings. The molecule has 84 valence electrons. The molecule has 2 N–H and O–H groups in total. The van der Waals surface area contributed by atoms with Crippen molar-refractivity contribution in [3.63, 3.8) is 0 Å². The van der Waals surface area contributed by atoms with Gasteiger partial charge in [-0.05, 0) is 0 Å². The molecule has 0 aliphatic carbocycles. The van der Waals surface area contributed by atoms with Crippen molar-refractivity contribution >= 4 is 18.5 Å². The number of ether oxygens (including phenoxy) is 1. The molecule has 0 heterocycles. The third kappa shape index (κ3) is 4.12. The number of rotatable bonds is 5. The molecular formula is C10H15AsO4. The summed E-state index contributed by atoms with van der Waals surface area (Å²) in [5.74, 6) is 0.649. The second kappa shape index (κ2) is 5.40. The Kier molecular flexibility index (Phi) is 4.45. The summed E-state index contributed by atoms with van der Waals surface area (Å²) < 4.78 is 34.2. The summed E-state index contributed by atoms with van der Waals surface area (Å²) in [7, 11) is 0. The van der Waals surface area contributed by atoms with Crippen LogP contribution in [0.1, 0.15) is 19.8 Å². The molecule has 0 amide bonds. The van der Waals surface area contributed by atoms with Crippen LogP contribution in [0.3, 0.4) is 0 Å². The van der Waals surface area contributed by atoms with Crippen molar-refractivity contribution in [1.29, 1.82) is 0 Å². The minimum absolute atomic E-state index is 0.0796. The monoisotopic (exact) mass is 274 g/mol. The van der Waals surface area contributed by atoms with Crippen molar-refractivity contribution < 1.29 is 16.7 Å². The first-order chi connectivity index (χ1) is 7.04. The van der Waals surface area contributed by atoms with E-state index in [-0.39, 0.29) is 4.35 Å². The fourth-order valence-electron chi connectivity index (χ4n) is 1.07. The minimum atomic E-state index is -4.73. The van der Waals surface area contributed by atoms with Gasteiger partial charge in [0.25, 0.3) is 0 Å². The van der Waals surface area contributed by atoms with Gasteiger partial charge in [0, 0.05) is 0 Å². The van der Waals surface area contributed by atoms with Crippen LogP contribution in [0.4, 0.5) is 0 Å². The Morgan fingerprint density at radius 1 is 1.27 bits per heavy atom. The van der Waals surface area contributed by atoms with Gasteiger partial charge in [-0.3, -0.25) is 0 Å². The first-order valence-electron chi connectivity index (χ1n) is 4.83. The first kappa shape index (κ1) is 12.4. The van der Waals surface area contributed by atoms with Gasteiger partial charge in [0.1, 0.15) is 0 Å². The van der Waals surface area contributed by atoms with E-state index >= 15 is 0 Å². The van der Waals surface area contributed by atoms with Gasteiger partial charge >= 0.3 is 91.6 Å². The molecule has 0 saturated carbocycles. The molecule has 5 heteroatoms. The Hall–Kier alpha value is -0.702. The van der Waals surface area contributed by atoms with Gasteiger partial charge in [0.2, 0.25) is 0 Å². The van der Waals surface area contributed by atoms with Crippen molar-refractivity contribution in [3.8, 4) is 5.75 Å². The molecule has 0 bridgehead atoms. The third-order valence-electron chi connectivity index (χ3n) is 1.94. The van der Waals surface area contributed by atoms with E-state index in [1.165, 1.54) is 12.1 Å². The van der Waals surface area contributed by atoms with Gasteiger partial charge in [0.05, 0.1) is 0 Å². The van der Waals surface area contributed by atoms with Gasteiger partial charge < -0.3 is 0 Å². The molecule has 1 rings (SSSR count). The summed E-state index contributed by atoms with van der Waals surface area (Å²) in [4.78, 5) is 0. The summed E-state index contributed by atoms with van der Waals surface area (Å²) in [6, 6.07) is 6.01. The summed E-state index contributed by atoms with van der Waals surface area (Å²) in [6.07, 6.45) is 2.04. The van der Waals surface area contributed by atoms with Crippen molar-refractivity contribution in [2.75, 3.05) is 6.61 Å². The topological polar surface area (TPSA) is 66.8 Å². The van der Waals surface area contributed by atoms with Crippen LogP contribution in [0.2, 0.25) is 0 Å². The number of hydrogen-bond donors (Lipinski definition) is 2. The molecule has 0 aliphatic heterocycles. The summed E-state index contributed by atoms with van der Waals surface area (Å²) >= 11 is -4.73. The Labute approximate surface area is 91.9 Å². The molecule has 0 aromatic heterocycles. The Balaban J connectivity index is 2.61. The molecular weight excluding hydrogens is 259 g/mol. The molecule has 0 spiro atoms. The second-order valence-corrected chi connectivity index (χ2v) is 6.61. The third-order valence-corrected chi connectivity index (χ3v) is 3.98. The zero-order chi connectivity index (χ0) is 11.3. The fraction of sp³-hybridized carbons (Fsp3) is 0.400. The van der Waals surface area contributed by atoms with E-state index in [2.05, 4.69) is 6.92 Å². The molecule has 0 unspecified atom stereocenters. The second-order valence-electron chi connectivity index (χ2n) is 3.24. The molecule has 1 aromatic carbocycles. The average Bonchev–Trinajstić information content (AvgIpc) is 2.18. The van der Waals surface area contributed by atoms with Crippen LogP contribution in [0.5, 0.6) is 5.75 Å². The van der Waals surface area contributed by atoms with Crippen molar-refractivity contribution in [1.82, 2.24) is 0 Å². The predicted octanol–water partition coefficient (Wildman–Crippen LogP) is 0.426. The van der Waals surface area contributed by atoms with E-state index in [0.717, 1.165) is 12.8 Å². The zero-order valence-corrected chi connectivity index (χ0v) is 10.5. The Morgan fingerprint density at radius 2 is 1.87 bits per heavy atom. The van der Waals surface area contributed by atoms with Crippen molar-refractivity contribution in [2.24, 2.45) is 0 Å². The Morgan fingerprint density at radius 3 is 2.33 bits per heavy atom. The van der Waals surface area contributed by atoms with Crippen LogP contribution in [0.15, 0.2) is 24.3 Å². The molecule has 0 saturated heterocycles. The maximum absolute atomic E-state index is 10.9. The van der Waals surface area contributed by atoms with Crippen LogP contribution in [-0.2, 0) is 3.74 Å². The van der Waals surface area contributed by atoms with E-state index in [4.69, 9.17) is 12.9 Å². The standard InChI is InChI=1S/C10H15AsO4/c1-2-3-8-15-10-6-4-9(5-7-10)11(12,13)14/h4-7H,2-3,8H2,1H3,(H2,12,13,14). The van der Waals surface area contributed by atoms with Crippen LogP contribution in [0.25, 0.3) is 0 Å². The zero-order valence-electron chi connectivity index (χ0n) is 8.59. The number of benzene rings is 1. The van der Waals surface area contributed by atoms with Crippen LogP contribution >= 0.6 is 0 Å². The van der Waals surface area contributed by atoms with E-state index < -0.39 is 14.2 Å². The van der Waals surface area contributed by atoms with Gasteiger partial charge in [-0.2, -0.15) is 0 Å². The van der Waals surface area contributed by atoms with Gasteiger partial charge in [-0.15, -0.1) is 0 Å². The van der Waals surface area contributed by atoms with E-state index in [1.54, 1.807) is 12.1 Å². The molecule has 0 radical (unpaired) electrons. The van der Waals surface area contributed by atoms with Crippen LogP contribution in [-0.4, -0.2) is 29.0 Å². The first-order valence-corrected chi connectivity index (χ1v) is 8.21. The molecule has 15 heavy (non-hydrogen) atoms. The quantitative estimate of drug-likeness (QED) is 0.603. The maximum atomic E-state index is 10.9. The van der Waals surface area contributed by atoms with E-state index in [1.807, 2.05) is 0 Å². The van der Waals surface area contributed by atoms with E-state index in [0.29, 0.717) is 12.4 Å². The summed E-state index contributed by atoms with van der Waals surface area (Å²) in [5, 5.41) is 0. The number of unbranched alkanes of at least 4 members (excludes halogenated alkanes) is 1. The van der Waals surface area contributed by atoms with Crippen molar-refractivity contribution in [2.45, 2.75) is 19.8 Å². The summed E-state index contributed by atoms with van der Waals surface area (Å²) in [5.41, 5.74) is 0. The van der Waals surface area contributed by atoms with Gasteiger partial charge in [0.15, 0.2) is 0 Å². The van der Waals surface area contributed by atoms with Crippen LogP contribution < -0.4 is 9.09 Å².